The third kappa shape index (κ3) is 3.89. The summed E-state index contributed by atoms with van der Waals surface area (Å²) < 4.78 is 99.4. The van der Waals surface area contributed by atoms with Gasteiger partial charge in [0.1, 0.15) is 5.75 Å². The molecule has 1 rings (SSSR count). The first-order chi connectivity index (χ1) is 9.78. The van der Waals surface area contributed by atoms with Crippen molar-refractivity contribution in [1.29, 1.82) is 0 Å². The summed E-state index contributed by atoms with van der Waals surface area (Å²) in [4.78, 5) is 12.2. The van der Waals surface area contributed by atoms with Crippen molar-refractivity contribution < 1.29 is 26.9 Å². The number of carbonyl (C=O) groups excluding carboxylic acids is 1. The number of Topliss-reactive ketones (excluding diaryl/α,β-unsaturated/α-hetero) is 1. The first-order valence-corrected chi connectivity index (χ1v) is 5.48. The van der Waals surface area contributed by atoms with E-state index >= 15 is 0 Å². The number of sulfone groups is 1. The molecule has 3 nitrogen and oxygen atoms in total. The summed E-state index contributed by atoms with van der Waals surface area (Å²) in [5.74, 6) is -6.78. The standard InChI is InChI=1S/C9H16O3S/c1-13(11,12)7-9(10)8-5-3-2-4-6-8/h8H,2-7H2,1H3/i2D2,3D,4D2,5D2,6D2,8D. The number of carbonyl (C=O) groups is 1. The average Bonchev–Trinajstić information content (AvgIpc) is 2.32. The lowest BCUT2D eigenvalue weighted by Gasteiger charge is -2.19. The summed E-state index contributed by atoms with van der Waals surface area (Å²) in [7, 11) is -4.07. The predicted molar refractivity (Wildman–Crippen MR) is 51.3 cm³/mol. The van der Waals surface area contributed by atoms with Crippen LogP contribution in [0.25, 0.3) is 0 Å². The minimum absolute atomic E-state index is 0.605. The molecule has 0 aliphatic heterocycles. The Hall–Kier alpha value is -0.380. The van der Waals surface area contributed by atoms with Gasteiger partial charge in [-0.3, -0.25) is 4.79 Å². The lowest BCUT2D eigenvalue weighted by Crippen LogP contribution is -2.24. The highest BCUT2D eigenvalue weighted by atomic mass is 32.2. The number of hydrogen-bond donors (Lipinski definition) is 0. The molecule has 4 heteroatoms. The summed E-state index contributed by atoms with van der Waals surface area (Å²) >= 11 is 0. The Morgan fingerprint density at radius 1 is 1.54 bits per heavy atom. The fourth-order valence-corrected chi connectivity index (χ4v) is 1.36. The maximum atomic E-state index is 12.2. The summed E-state index contributed by atoms with van der Waals surface area (Å²) in [5, 5.41) is 0. The van der Waals surface area contributed by atoms with Crippen molar-refractivity contribution in [3.8, 4) is 0 Å². The van der Waals surface area contributed by atoms with Gasteiger partial charge in [0.15, 0.2) is 15.6 Å². The van der Waals surface area contributed by atoms with Gasteiger partial charge in [0.25, 0.3) is 0 Å². The van der Waals surface area contributed by atoms with Crippen molar-refractivity contribution in [3.05, 3.63) is 0 Å². The van der Waals surface area contributed by atoms with E-state index in [2.05, 4.69) is 0 Å². The van der Waals surface area contributed by atoms with Gasteiger partial charge in [0, 0.05) is 25.9 Å². The van der Waals surface area contributed by atoms with Crippen LogP contribution in [0.4, 0.5) is 0 Å². The largest absolute Gasteiger partial charge is 0.298 e. The number of ketones is 1. The minimum atomic E-state index is -4.07. The molecule has 0 radical (unpaired) electrons. The van der Waals surface area contributed by atoms with Gasteiger partial charge in [0.05, 0.1) is 0 Å². The van der Waals surface area contributed by atoms with Crippen LogP contribution in [-0.2, 0) is 14.6 Å². The monoisotopic (exact) mass is 214 g/mol. The van der Waals surface area contributed by atoms with Gasteiger partial charge < -0.3 is 0 Å². The van der Waals surface area contributed by atoms with Crippen LogP contribution in [-0.4, -0.2) is 26.2 Å². The molecule has 0 heterocycles. The van der Waals surface area contributed by atoms with Crippen molar-refractivity contribution in [2.24, 2.45) is 5.89 Å². The van der Waals surface area contributed by atoms with E-state index in [9.17, 15) is 13.2 Å². The Labute approximate surface area is 93.5 Å². The number of rotatable bonds is 3. The van der Waals surface area contributed by atoms with Crippen molar-refractivity contribution in [2.75, 3.05) is 12.0 Å². The molecule has 1 fully saturated rings. The third-order valence-corrected chi connectivity index (χ3v) is 2.01. The zero-order valence-corrected chi connectivity index (χ0v) is 7.73. The van der Waals surface area contributed by atoms with Crippen molar-refractivity contribution in [1.82, 2.24) is 0 Å². The normalized spacial score (nSPS) is 62.4. The van der Waals surface area contributed by atoms with Crippen LogP contribution < -0.4 is 0 Å². The van der Waals surface area contributed by atoms with Crippen LogP contribution in [0.3, 0.4) is 0 Å². The Bertz CT molecular complexity index is 627. The SMILES string of the molecule is [2H]C1C([2H])([2H])C([2H])([2H])C([2H])([2H])C([2H])(C(=O)CS(C)(=O)=O)C1([2H])[2H]. The Kier molecular flexibility index (Phi) is 1.08. The topological polar surface area (TPSA) is 51.2 Å². The minimum Gasteiger partial charge on any atom is -0.298 e. The molecular formula is C9H16O3S. The smallest absolute Gasteiger partial charge is 0.154 e. The van der Waals surface area contributed by atoms with E-state index in [4.69, 9.17) is 13.7 Å². The summed E-state index contributed by atoms with van der Waals surface area (Å²) in [6, 6.07) is 0. The van der Waals surface area contributed by atoms with E-state index < -0.39 is 59.2 Å². The lowest BCUT2D eigenvalue weighted by atomic mass is 9.87. The van der Waals surface area contributed by atoms with E-state index in [1.165, 1.54) is 0 Å². The maximum absolute atomic E-state index is 12.2. The first-order valence-electron chi connectivity index (χ1n) is 8.49. The molecule has 1 aliphatic rings. The molecule has 2 atom stereocenters. The second-order valence-electron chi connectivity index (χ2n) is 2.55. The predicted octanol–water partition coefficient (Wildman–Crippen LogP) is 1.18. The second-order valence-corrected chi connectivity index (χ2v) is 4.69. The lowest BCUT2D eigenvalue weighted by molar-refractivity contribution is -0.121. The van der Waals surface area contributed by atoms with Crippen molar-refractivity contribution in [3.63, 3.8) is 0 Å². The average molecular weight is 214 g/mol. The molecule has 76 valence electrons. The van der Waals surface area contributed by atoms with E-state index in [0.29, 0.717) is 6.26 Å². The van der Waals surface area contributed by atoms with Gasteiger partial charge in [-0.05, 0) is 12.7 Å². The van der Waals surface area contributed by atoms with E-state index in [0.717, 1.165) is 0 Å². The Morgan fingerprint density at radius 3 is 2.85 bits per heavy atom. The van der Waals surface area contributed by atoms with E-state index in [1.54, 1.807) is 0 Å². The highest BCUT2D eigenvalue weighted by Crippen LogP contribution is 2.24. The van der Waals surface area contributed by atoms with E-state index in [-0.39, 0.29) is 0 Å². The van der Waals surface area contributed by atoms with Crippen LogP contribution >= 0.6 is 0 Å². The maximum Gasteiger partial charge on any atom is 0.154 e. The van der Waals surface area contributed by atoms with Crippen molar-refractivity contribution >= 4 is 15.6 Å². The molecule has 0 aromatic carbocycles. The van der Waals surface area contributed by atoms with Crippen LogP contribution in [0.2, 0.25) is 0 Å². The molecule has 1 saturated carbocycles. The quantitative estimate of drug-likeness (QED) is 0.709. The van der Waals surface area contributed by atoms with Crippen LogP contribution in [0, 0.1) is 5.89 Å². The molecule has 1 aliphatic carbocycles. The molecule has 0 amide bonds. The summed E-state index contributed by atoms with van der Waals surface area (Å²) in [5.41, 5.74) is 0. The third-order valence-electron chi connectivity index (χ3n) is 1.22. The molecule has 2 unspecified atom stereocenters. The second kappa shape index (κ2) is 4.22. The zero-order valence-electron chi connectivity index (χ0n) is 16.9. The van der Waals surface area contributed by atoms with Gasteiger partial charge in [-0.15, -0.1) is 0 Å². The zero-order chi connectivity index (χ0) is 18.9. The highest BCUT2D eigenvalue weighted by molar-refractivity contribution is 7.91. The van der Waals surface area contributed by atoms with Gasteiger partial charge in [-0.25, -0.2) is 8.42 Å². The first kappa shape index (κ1) is 3.33. The van der Waals surface area contributed by atoms with Gasteiger partial charge in [0.2, 0.25) is 0 Å². The molecule has 0 bridgehead atoms. The summed E-state index contributed by atoms with van der Waals surface area (Å²) in [6.45, 7) is 0. The molecule has 0 spiro atoms. The molecule has 0 aromatic heterocycles. The molecule has 0 aromatic rings. The van der Waals surface area contributed by atoms with Crippen molar-refractivity contribution in [2.45, 2.75) is 31.9 Å². The number of hydrogen-bond acceptors (Lipinski definition) is 3. The van der Waals surface area contributed by atoms with Gasteiger partial charge >= 0.3 is 0 Å². The molecule has 13 heavy (non-hydrogen) atoms. The molecular weight excluding hydrogens is 188 g/mol. The molecule has 0 saturated heterocycles. The Balaban J connectivity index is 3.72. The van der Waals surface area contributed by atoms with Gasteiger partial charge in [-0.1, -0.05) is 19.1 Å². The fourth-order valence-electron chi connectivity index (χ4n) is 0.740. The molecule has 0 N–H and O–H groups in total. The van der Waals surface area contributed by atoms with Crippen LogP contribution in [0.5, 0.6) is 0 Å². The van der Waals surface area contributed by atoms with Crippen LogP contribution in [0.15, 0.2) is 0 Å². The Morgan fingerprint density at radius 2 is 2.23 bits per heavy atom. The van der Waals surface area contributed by atoms with Gasteiger partial charge in [-0.2, -0.15) is 0 Å². The fraction of sp³-hybridized carbons (Fsp3) is 0.889. The summed E-state index contributed by atoms with van der Waals surface area (Å²) in [6.07, 6.45) is -16.1. The highest BCUT2D eigenvalue weighted by Gasteiger charge is 2.23. The van der Waals surface area contributed by atoms with Crippen LogP contribution in [0.1, 0.15) is 45.6 Å². The van der Waals surface area contributed by atoms with E-state index in [1.807, 2.05) is 0 Å².